The fraction of sp³-hybridized carbons (Fsp3) is 0.150. The molecule has 0 saturated carbocycles. The average molecular weight is 383 g/mol. The number of halogens is 2. The average Bonchev–Trinajstić information content (AvgIpc) is 2.94. The van der Waals surface area contributed by atoms with Crippen LogP contribution in [0.3, 0.4) is 0 Å². The van der Waals surface area contributed by atoms with Crippen LogP contribution in [0.4, 0.5) is 20.2 Å². The van der Waals surface area contributed by atoms with Gasteiger partial charge in [-0.2, -0.15) is 5.26 Å². The van der Waals surface area contributed by atoms with Crippen molar-refractivity contribution in [2.75, 3.05) is 30.5 Å². The largest absolute Gasteiger partial charge is 0.454 e. The molecule has 0 radical (unpaired) electrons. The van der Waals surface area contributed by atoms with Gasteiger partial charge >= 0.3 is 5.97 Å². The van der Waals surface area contributed by atoms with Crippen molar-refractivity contribution in [3.8, 4) is 6.07 Å². The van der Waals surface area contributed by atoms with Crippen LogP contribution in [0.15, 0.2) is 53.9 Å². The Kier molecular flexibility index (Phi) is 5.09. The standard InChI is InChI=1S/C20H15F2N3O3/c1-24-16-5-3-4-6-17(16)25(2)19(24)13(10-23)18(26)11-28-20(27)12-7-8-14(21)15(22)9-12/h3-9H,11H2,1-2H3. The van der Waals surface area contributed by atoms with Gasteiger partial charge in [0.15, 0.2) is 18.2 Å². The maximum Gasteiger partial charge on any atom is 0.338 e. The third-order valence-corrected chi connectivity index (χ3v) is 4.34. The van der Waals surface area contributed by atoms with E-state index in [2.05, 4.69) is 0 Å². The first kappa shape index (κ1) is 19.0. The molecule has 0 N–H and O–H groups in total. The maximum atomic E-state index is 13.2. The third-order valence-electron chi connectivity index (χ3n) is 4.34. The zero-order valence-electron chi connectivity index (χ0n) is 15.1. The summed E-state index contributed by atoms with van der Waals surface area (Å²) >= 11 is 0. The van der Waals surface area contributed by atoms with Gasteiger partial charge in [-0.1, -0.05) is 12.1 Å². The fourth-order valence-corrected chi connectivity index (χ4v) is 2.97. The van der Waals surface area contributed by atoms with Gasteiger partial charge in [-0.05, 0) is 30.3 Å². The summed E-state index contributed by atoms with van der Waals surface area (Å²) in [5, 5.41) is 9.51. The van der Waals surface area contributed by atoms with Gasteiger partial charge < -0.3 is 14.5 Å². The summed E-state index contributed by atoms with van der Waals surface area (Å²) in [6, 6.07) is 11.8. The number of benzene rings is 2. The number of esters is 1. The Morgan fingerprint density at radius 2 is 1.64 bits per heavy atom. The van der Waals surface area contributed by atoms with Gasteiger partial charge in [0.1, 0.15) is 17.5 Å². The molecule has 1 aliphatic rings. The minimum absolute atomic E-state index is 0.181. The molecule has 0 atom stereocenters. The van der Waals surface area contributed by atoms with Gasteiger partial charge in [0.25, 0.3) is 0 Å². The van der Waals surface area contributed by atoms with Crippen molar-refractivity contribution in [2.45, 2.75) is 0 Å². The van der Waals surface area contributed by atoms with Crippen LogP contribution in [0.1, 0.15) is 10.4 Å². The number of carbonyl (C=O) groups is 2. The number of rotatable bonds is 4. The second-order valence-electron chi connectivity index (χ2n) is 6.05. The number of Topliss-reactive ketones (excluding diaryl/α,β-unsaturated/α-hetero) is 1. The van der Waals surface area contributed by atoms with Crippen LogP contribution in [0.2, 0.25) is 0 Å². The third kappa shape index (κ3) is 3.30. The van der Waals surface area contributed by atoms with Gasteiger partial charge in [-0.25, -0.2) is 13.6 Å². The van der Waals surface area contributed by atoms with Gasteiger partial charge in [0.2, 0.25) is 5.78 Å². The number of hydrogen-bond acceptors (Lipinski definition) is 6. The molecule has 142 valence electrons. The van der Waals surface area contributed by atoms with E-state index < -0.39 is 30.0 Å². The molecule has 1 heterocycles. The van der Waals surface area contributed by atoms with Crippen molar-refractivity contribution >= 4 is 23.1 Å². The summed E-state index contributed by atoms with van der Waals surface area (Å²) in [5.74, 6) is -3.65. The molecule has 2 aromatic carbocycles. The number of anilines is 2. The molecule has 0 unspecified atom stereocenters. The highest BCUT2D eigenvalue weighted by Crippen LogP contribution is 2.40. The van der Waals surface area contributed by atoms with Crippen molar-refractivity contribution in [3.05, 3.63) is 71.1 Å². The molecule has 6 nitrogen and oxygen atoms in total. The normalized spacial score (nSPS) is 12.5. The number of ketones is 1. The molecule has 0 amide bonds. The molecule has 3 rings (SSSR count). The molecule has 0 bridgehead atoms. The molecule has 0 fully saturated rings. The van der Waals surface area contributed by atoms with Crippen LogP contribution in [0.5, 0.6) is 0 Å². The minimum atomic E-state index is -1.20. The van der Waals surface area contributed by atoms with Crippen LogP contribution in [0.25, 0.3) is 0 Å². The number of para-hydroxylation sites is 2. The van der Waals surface area contributed by atoms with E-state index in [0.717, 1.165) is 23.5 Å². The second-order valence-corrected chi connectivity index (χ2v) is 6.05. The summed E-state index contributed by atoms with van der Waals surface area (Å²) in [6.45, 7) is -0.706. The van der Waals surface area contributed by atoms with Crippen molar-refractivity contribution < 1.29 is 23.1 Å². The molecule has 2 aromatic rings. The summed E-state index contributed by atoms with van der Waals surface area (Å²) in [6.07, 6.45) is 0. The summed E-state index contributed by atoms with van der Waals surface area (Å²) in [7, 11) is 3.44. The maximum absolute atomic E-state index is 13.2. The first-order valence-corrected chi connectivity index (χ1v) is 8.21. The molecule has 28 heavy (non-hydrogen) atoms. The lowest BCUT2D eigenvalue weighted by Crippen LogP contribution is -2.27. The lowest BCUT2D eigenvalue weighted by Gasteiger charge is -2.19. The molecule has 0 aromatic heterocycles. The Morgan fingerprint density at radius 1 is 1.04 bits per heavy atom. The quantitative estimate of drug-likeness (QED) is 0.459. The molecule has 1 aliphatic heterocycles. The number of hydrogen-bond donors (Lipinski definition) is 0. The van der Waals surface area contributed by atoms with Crippen molar-refractivity contribution in [1.82, 2.24) is 0 Å². The first-order valence-electron chi connectivity index (χ1n) is 8.21. The predicted octanol–water partition coefficient (Wildman–Crippen LogP) is 3.01. The van der Waals surface area contributed by atoms with Crippen LogP contribution in [-0.2, 0) is 9.53 Å². The Bertz CT molecular complexity index is 1010. The van der Waals surface area contributed by atoms with E-state index in [1.165, 1.54) is 0 Å². The van der Waals surface area contributed by atoms with Crippen molar-refractivity contribution in [2.24, 2.45) is 0 Å². The SMILES string of the molecule is CN1C(=C(C#N)C(=O)COC(=O)c2ccc(F)c(F)c2)N(C)c2ccccc21. The first-order chi connectivity index (χ1) is 13.3. The van der Waals surface area contributed by atoms with Crippen LogP contribution in [-0.4, -0.2) is 32.5 Å². The number of ether oxygens (including phenoxy) is 1. The van der Waals surface area contributed by atoms with Gasteiger partial charge in [-0.15, -0.1) is 0 Å². The topological polar surface area (TPSA) is 73.6 Å². The zero-order valence-corrected chi connectivity index (χ0v) is 15.1. The van der Waals surface area contributed by atoms with Gasteiger partial charge in [0, 0.05) is 14.1 Å². The lowest BCUT2D eigenvalue weighted by atomic mass is 10.2. The lowest BCUT2D eigenvalue weighted by molar-refractivity contribution is -0.118. The minimum Gasteiger partial charge on any atom is -0.454 e. The molecule has 8 heteroatoms. The predicted molar refractivity (Wildman–Crippen MR) is 97.5 cm³/mol. The molecular weight excluding hydrogens is 368 g/mol. The van der Waals surface area contributed by atoms with E-state index in [9.17, 15) is 23.6 Å². The molecule has 0 spiro atoms. The number of carbonyl (C=O) groups excluding carboxylic acids is 2. The van der Waals surface area contributed by atoms with E-state index in [-0.39, 0.29) is 11.1 Å². The number of nitriles is 1. The van der Waals surface area contributed by atoms with Crippen LogP contribution >= 0.6 is 0 Å². The Balaban J connectivity index is 1.79. The van der Waals surface area contributed by atoms with E-state index >= 15 is 0 Å². The summed E-state index contributed by atoms with van der Waals surface area (Å²) in [4.78, 5) is 27.9. The summed E-state index contributed by atoms with van der Waals surface area (Å²) in [5.41, 5.74) is 1.22. The highest BCUT2D eigenvalue weighted by molar-refractivity contribution is 6.04. The monoisotopic (exact) mass is 383 g/mol. The number of nitrogens with zero attached hydrogens (tertiary/aromatic N) is 3. The molecule has 0 aliphatic carbocycles. The Morgan fingerprint density at radius 3 is 2.18 bits per heavy atom. The van der Waals surface area contributed by atoms with E-state index in [1.54, 1.807) is 23.9 Å². The highest BCUT2D eigenvalue weighted by Gasteiger charge is 2.31. The van der Waals surface area contributed by atoms with Crippen LogP contribution < -0.4 is 9.80 Å². The summed E-state index contributed by atoms with van der Waals surface area (Å²) < 4.78 is 31.1. The smallest absolute Gasteiger partial charge is 0.338 e. The number of fused-ring (bicyclic) bond motifs is 1. The Labute approximate surface area is 159 Å². The highest BCUT2D eigenvalue weighted by atomic mass is 19.2. The molecular formula is C20H15F2N3O3. The Hall–Kier alpha value is -3.73. The van der Waals surface area contributed by atoms with Crippen LogP contribution in [0, 0.1) is 23.0 Å². The van der Waals surface area contributed by atoms with Crippen molar-refractivity contribution in [1.29, 1.82) is 5.26 Å². The van der Waals surface area contributed by atoms with Gasteiger partial charge in [-0.3, -0.25) is 4.79 Å². The van der Waals surface area contributed by atoms with E-state index in [1.807, 2.05) is 30.3 Å². The van der Waals surface area contributed by atoms with E-state index in [4.69, 9.17) is 4.74 Å². The fourth-order valence-electron chi connectivity index (χ4n) is 2.97. The van der Waals surface area contributed by atoms with Gasteiger partial charge in [0.05, 0.1) is 16.9 Å². The molecule has 0 saturated heterocycles. The zero-order chi connectivity index (χ0) is 20.4. The second kappa shape index (κ2) is 7.48. The van der Waals surface area contributed by atoms with E-state index in [0.29, 0.717) is 11.9 Å². The van der Waals surface area contributed by atoms with Crippen molar-refractivity contribution in [3.63, 3.8) is 0 Å².